The molecular weight excluding hydrogens is 245 g/mol. The second-order valence-corrected chi connectivity index (χ2v) is 4.40. The van der Waals surface area contributed by atoms with Crippen molar-refractivity contribution in [1.29, 1.82) is 0 Å². The minimum Gasteiger partial charge on any atom is -0.506 e. The maximum Gasteiger partial charge on any atom is 0.140 e. The molecule has 0 atom stereocenters. The molecule has 0 unspecified atom stereocenters. The molecule has 0 spiro atoms. The number of nitrogen functional groups attached to an aromatic ring is 1. The monoisotopic (exact) mass is 257 g/mol. The molecule has 4 nitrogen and oxygen atoms in total. The van der Waals surface area contributed by atoms with E-state index in [9.17, 15) is 9.50 Å². The van der Waals surface area contributed by atoms with E-state index in [2.05, 4.69) is 4.98 Å². The first-order chi connectivity index (χ1) is 9.06. The number of imidazole rings is 1. The molecule has 0 fully saturated rings. The fourth-order valence-electron chi connectivity index (χ4n) is 2.11. The number of benzene rings is 2. The van der Waals surface area contributed by atoms with Gasteiger partial charge in [0.1, 0.15) is 17.4 Å². The summed E-state index contributed by atoms with van der Waals surface area (Å²) in [6.07, 6.45) is 0. The van der Waals surface area contributed by atoms with E-state index in [1.807, 2.05) is 7.05 Å². The van der Waals surface area contributed by atoms with Gasteiger partial charge in [0, 0.05) is 12.6 Å². The average molecular weight is 257 g/mol. The van der Waals surface area contributed by atoms with Crippen LogP contribution in [0, 0.1) is 5.82 Å². The van der Waals surface area contributed by atoms with Gasteiger partial charge in [-0.3, -0.25) is 0 Å². The molecule has 0 aliphatic rings. The molecule has 2 aromatic carbocycles. The van der Waals surface area contributed by atoms with Crippen molar-refractivity contribution in [2.75, 3.05) is 5.73 Å². The van der Waals surface area contributed by atoms with Crippen LogP contribution < -0.4 is 5.73 Å². The van der Waals surface area contributed by atoms with Gasteiger partial charge in [0.05, 0.1) is 16.7 Å². The zero-order valence-corrected chi connectivity index (χ0v) is 10.3. The molecule has 0 bridgehead atoms. The topological polar surface area (TPSA) is 64.1 Å². The quantitative estimate of drug-likeness (QED) is 0.520. The molecule has 0 aliphatic heterocycles. The van der Waals surface area contributed by atoms with E-state index in [0.29, 0.717) is 16.9 Å². The summed E-state index contributed by atoms with van der Waals surface area (Å²) in [5.41, 5.74) is 8.16. The predicted molar refractivity (Wildman–Crippen MR) is 72.2 cm³/mol. The molecule has 0 aliphatic carbocycles. The minimum atomic E-state index is -0.299. The molecule has 19 heavy (non-hydrogen) atoms. The van der Waals surface area contributed by atoms with Gasteiger partial charge in [-0.1, -0.05) is 0 Å². The summed E-state index contributed by atoms with van der Waals surface area (Å²) in [6.45, 7) is 0. The third-order valence-electron chi connectivity index (χ3n) is 3.13. The lowest BCUT2D eigenvalue weighted by Gasteiger charge is -2.04. The van der Waals surface area contributed by atoms with Gasteiger partial charge in [0.2, 0.25) is 0 Å². The Balaban J connectivity index is 2.24. The largest absolute Gasteiger partial charge is 0.506 e. The van der Waals surface area contributed by atoms with Crippen LogP contribution in [-0.2, 0) is 7.05 Å². The Morgan fingerprint density at radius 2 is 2.00 bits per heavy atom. The Morgan fingerprint density at radius 1 is 1.21 bits per heavy atom. The van der Waals surface area contributed by atoms with Gasteiger partial charge in [-0.15, -0.1) is 0 Å². The van der Waals surface area contributed by atoms with Crippen LogP contribution in [0.2, 0.25) is 0 Å². The van der Waals surface area contributed by atoms with Gasteiger partial charge in [-0.05, 0) is 36.4 Å². The molecule has 3 rings (SSSR count). The lowest BCUT2D eigenvalue weighted by molar-refractivity contribution is 0.478. The van der Waals surface area contributed by atoms with Gasteiger partial charge >= 0.3 is 0 Å². The van der Waals surface area contributed by atoms with Gasteiger partial charge < -0.3 is 15.4 Å². The number of fused-ring (bicyclic) bond motifs is 1. The number of anilines is 1. The van der Waals surface area contributed by atoms with E-state index in [4.69, 9.17) is 5.73 Å². The summed E-state index contributed by atoms with van der Waals surface area (Å²) in [4.78, 5) is 4.45. The zero-order chi connectivity index (χ0) is 13.6. The van der Waals surface area contributed by atoms with E-state index < -0.39 is 0 Å². The summed E-state index contributed by atoms with van der Waals surface area (Å²) < 4.78 is 15.0. The van der Waals surface area contributed by atoms with Crippen LogP contribution in [0.5, 0.6) is 5.75 Å². The third-order valence-corrected chi connectivity index (χ3v) is 3.13. The van der Waals surface area contributed by atoms with E-state index >= 15 is 0 Å². The van der Waals surface area contributed by atoms with Crippen molar-refractivity contribution < 1.29 is 9.50 Å². The second-order valence-electron chi connectivity index (χ2n) is 4.40. The summed E-state index contributed by atoms with van der Waals surface area (Å²) in [6, 6.07) is 9.35. The number of phenols is 1. The summed E-state index contributed by atoms with van der Waals surface area (Å²) in [7, 11) is 1.81. The zero-order valence-electron chi connectivity index (χ0n) is 10.3. The van der Waals surface area contributed by atoms with E-state index in [1.165, 1.54) is 18.2 Å². The fourth-order valence-corrected chi connectivity index (χ4v) is 2.11. The first-order valence-electron chi connectivity index (χ1n) is 5.77. The van der Waals surface area contributed by atoms with Crippen LogP contribution in [0.15, 0.2) is 36.4 Å². The van der Waals surface area contributed by atoms with Crippen molar-refractivity contribution in [1.82, 2.24) is 9.55 Å². The van der Waals surface area contributed by atoms with Gasteiger partial charge in [-0.25, -0.2) is 9.37 Å². The fraction of sp³-hybridized carbons (Fsp3) is 0.0714. The van der Waals surface area contributed by atoms with Crippen molar-refractivity contribution in [3.8, 4) is 17.1 Å². The van der Waals surface area contributed by atoms with Gasteiger partial charge in [0.25, 0.3) is 0 Å². The Bertz CT molecular complexity index is 780. The SMILES string of the molecule is Cn1c(-c2ccc(O)c(N)c2)nc2ccc(F)cc21. The van der Waals surface area contributed by atoms with E-state index in [0.717, 1.165) is 5.56 Å². The van der Waals surface area contributed by atoms with Crippen LogP contribution >= 0.6 is 0 Å². The summed E-state index contributed by atoms with van der Waals surface area (Å²) in [5, 5.41) is 9.43. The highest BCUT2D eigenvalue weighted by Gasteiger charge is 2.11. The molecule has 5 heteroatoms. The lowest BCUT2D eigenvalue weighted by Crippen LogP contribution is -1.94. The molecule has 96 valence electrons. The molecule has 1 heterocycles. The molecule has 0 amide bonds. The number of aromatic nitrogens is 2. The highest BCUT2D eigenvalue weighted by Crippen LogP contribution is 2.29. The molecule has 1 aromatic heterocycles. The molecular formula is C14H12FN3O. The predicted octanol–water partition coefficient (Wildman–Crippen LogP) is 2.67. The first kappa shape index (κ1) is 11.5. The Kier molecular flexibility index (Phi) is 2.41. The van der Waals surface area contributed by atoms with Crippen LogP contribution in [-0.4, -0.2) is 14.7 Å². The van der Waals surface area contributed by atoms with E-state index in [-0.39, 0.29) is 17.3 Å². The number of halogens is 1. The number of phenolic OH excluding ortho intramolecular Hbond substituents is 1. The minimum absolute atomic E-state index is 0.0357. The third kappa shape index (κ3) is 1.79. The smallest absolute Gasteiger partial charge is 0.140 e. The Hall–Kier alpha value is -2.56. The Morgan fingerprint density at radius 3 is 2.74 bits per heavy atom. The Labute approximate surface area is 108 Å². The molecule has 0 radical (unpaired) electrons. The maximum atomic E-state index is 13.3. The molecule has 0 saturated carbocycles. The number of hydrogen-bond donors (Lipinski definition) is 2. The highest BCUT2D eigenvalue weighted by molar-refractivity contribution is 5.81. The molecule has 3 N–H and O–H groups in total. The normalized spacial score (nSPS) is 11.1. The summed E-state index contributed by atoms with van der Waals surface area (Å²) >= 11 is 0. The summed E-state index contributed by atoms with van der Waals surface area (Å²) in [5.74, 6) is 0.410. The van der Waals surface area contributed by atoms with Crippen LogP contribution in [0.4, 0.5) is 10.1 Å². The van der Waals surface area contributed by atoms with Crippen molar-refractivity contribution in [3.63, 3.8) is 0 Å². The van der Waals surface area contributed by atoms with Gasteiger partial charge in [0.15, 0.2) is 0 Å². The van der Waals surface area contributed by atoms with Gasteiger partial charge in [-0.2, -0.15) is 0 Å². The van der Waals surface area contributed by atoms with Crippen LogP contribution in [0.1, 0.15) is 0 Å². The maximum absolute atomic E-state index is 13.3. The van der Waals surface area contributed by atoms with E-state index in [1.54, 1.807) is 22.8 Å². The van der Waals surface area contributed by atoms with Crippen molar-refractivity contribution in [3.05, 3.63) is 42.2 Å². The number of rotatable bonds is 1. The van der Waals surface area contributed by atoms with Crippen molar-refractivity contribution in [2.24, 2.45) is 7.05 Å². The first-order valence-corrected chi connectivity index (χ1v) is 5.77. The number of nitrogens with two attached hydrogens (primary N) is 1. The molecule has 0 saturated heterocycles. The molecule has 3 aromatic rings. The van der Waals surface area contributed by atoms with Crippen molar-refractivity contribution in [2.45, 2.75) is 0 Å². The van der Waals surface area contributed by atoms with Crippen molar-refractivity contribution >= 4 is 16.7 Å². The lowest BCUT2D eigenvalue weighted by atomic mass is 10.2. The van der Waals surface area contributed by atoms with Crippen LogP contribution in [0.25, 0.3) is 22.4 Å². The highest BCUT2D eigenvalue weighted by atomic mass is 19.1. The van der Waals surface area contributed by atoms with Crippen LogP contribution in [0.3, 0.4) is 0 Å². The number of nitrogens with zero attached hydrogens (tertiary/aromatic N) is 2. The average Bonchev–Trinajstić information content (AvgIpc) is 2.70. The number of aryl methyl sites for hydroxylation is 1. The second kappa shape index (κ2) is 3.98. The standard InChI is InChI=1S/C14H12FN3O/c1-18-12-7-9(15)3-4-11(12)17-14(18)8-2-5-13(19)10(16)6-8/h2-7,19H,16H2,1H3. The number of hydrogen-bond acceptors (Lipinski definition) is 3. The number of aromatic hydroxyl groups is 1.